The Morgan fingerprint density at radius 1 is 0.371 bits per heavy atom. The van der Waals surface area contributed by atoms with Crippen molar-refractivity contribution in [3.8, 4) is 0 Å². The summed E-state index contributed by atoms with van der Waals surface area (Å²) < 4.78 is 38.4. The monoisotopic (exact) mass is 996 g/mol. The molecule has 0 atom stereocenters. The van der Waals surface area contributed by atoms with E-state index in [1.807, 2.05) is 18.2 Å². The van der Waals surface area contributed by atoms with Gasteiger partial charge in [0.2, 0.25) is 0 Å². The molecule has 0 N–H and O–H groups in total. The minimum atomic E-state index is -4.53. The van der Waals surface area contributed by atoms with E-state index in [1.165, 1.54) is 281 Å². The van der Waals surface area contributed by atoms with Crippen molar-refractivity contribution < 1.29 is 17.5 Å². The number of unbranched alkanes of at least 4 members (excludes halogenated alkanes) is 39. The highest BCUT2D eigenvalue weighted by molar-refractivity contribution is 7.86. The van der Waals surface area contributed by atoms with Crippen molar-refractivity contribution >= 4 is 20.9 Å². The second kappa shape index (κ2) is 47.3. The fraction of sp³-hybridized carbons (Fsp3) is 0.846. The van der Waals surface area contributed by atoms with Gasteiger partial charge in [-0.3, -0.25) is 0 Å². The third kappa shape index (κ3) is 36.5. The lowest BCUT2D eigenvalue weighted by Gasteiger charge is -2.35. The van der Waals surface area contributed by atoms with Gasteiger partial charge in [-0.05, 0) is 86.1 Å². The summed E-state index contributed by atoms with van der Waals surface area (Å²) in [7, 11) is -1.93. The molecule has 0 unspecified atom stereocenters. The molecule has 0 saturated heterocycles. The largest absolute Gasteiger partial charge is 0.744 e. The fourth-order valence-electron chi connectivity index (χ4n) is 11.0. The molecular weight excluding hydrogens is 875 g/mol. The van der Waals surface area contributed by atoms with Crippen LogP contribution in [0.5, 0.6) is 0 Å². The van der Waals surface area contributed by atoms with Crippen molar-refractivity contribution in [1.82, 2.24) is 0 Å². The van der Waals surface area contributed by atoms with Gasteiger partial charge in [0.1, 0.15) is 10.1 Å². The van der Waals surface area contributed by atoms with Crippen molar-refractivity contribution in [3.05, 3.63) is 41.5 Å². The maximum atomic E-state index is 12.3. The molecule has 0 radical (unpaired) electrons. The highest BCUT2D eigenvalue weighted by Gasteiger charge is 2.21. The normalized spacial score (nSPS) is 12.0. The minimum absolute atomic E-state index is 0.0412. The van der Waals surface area contributed by atoms with E-state index >= 15 is 0 Å². The first-order chi connectivity index (χ1) is 34.2. The lowest BCUT2D eigenvalue weighted by molar-refractivity contribution is -0.910. The maximum Gasteiger partial charge on any atom is 0.125 e. The predicted octanol–water partition coefficient (Wildman–Crippen LogP) is 21.5. The van der Waals surface area contributed by atoms with Gasteiger partial charge in [0, 0.05) is 0 Å². The van der Waals surface area contributed by atoms with E-state index in [4.69, 9.17) is 0 Å². The second-order valence-corrected chi connectivity index (χ2v) is 23.9. The summed E-state index contributed by atoms with van der Waals surface area (Å²) in [5.74, 6) is 0. The molecule has 0 fully saturated rings. The Morgan fingerprint density at radius 3 is 0.957 bits per heavy atom. The van der Waals surface area contributed by atoms with Gasteiger partial charge in [0.15, 0.2) is 0 Å². The molecular formula is C65H121NO3S. The van der Waals surface area contributed by atoms with Gasteiger partial charge in [-0.15, -0.1) is 0 Å². The van der Waals surface area contributed by atoms with Crippen molar-refractivity contribution in [1.29, 1.82) is 0 Å². The summed E-state index contributed by atoms with van der Waals surface area (Å²) >= 11 is 0. The quantitative estimate of drug-likeness (QED) is 0.0377. The van der Waals surface area contributed by atoms with Crippen LogP contribution in [0, 0.1) is 0 Å². The third-order valence-corrected chi connectivity index (χ3v) is 16.6. The number of aryl methyl sites for hydroxylation is 1. The minimum Gasteiger partial charge on any atom is -0.744 e. The van der Waals surface area contributed by atoms with Gasteiger partial charge in [-0.25, -0.2) is 8.42 Å². The van der Waals surface area contributed by atoms with Crippen molar-refractivity contribution in [2.75, 3.05) is 26.7 Å². The van der Waals surface area contributed by atoms with Crippen LogP contribution in [0.3, 0.4) is 0 Å². The number of benzene rings is 2. The summed E-state index contributed by atoms with van der Waals surface area (Å²) in [6.45, 7) is 15.7. The molecule has 0 saturated carbocycles. The molecule has 0 bridgehead atoms. The Morgan fingerprint density at radius 2 is 0.643 bits per heavy atom. The van der Waals surface area contributed by atoms with E-state index in [0.717, 1.165) is 48.6 Å². The lowest BCUT2D eigenvalue weighted by Crippen LogP contribution is -2.46. The SMILES string of the molecule is CCCCCCCCCCCC[N+](C)(CCCCCCCCCCCC)CCCCCCCCCCCC.CCCCCCCCCc1cc2ccccc2c(S(=O)(=O)[O-])c1CCCCCCCCC. The Kier molecular flexibility index (Phi) is 45.0. The van der Waals surface area contributed by atoms with Gasteiger partial charge >= 0.3 is 0 Å². The number of hydrogen-bond acceptors (Lipinski definition) is 3. The van der Waals surface area contributed by atoms with E-state index in [-0.39, 0.29) is 4.90 Å². The average molecular weight is 997 g/mol. The summed E-state index contributed by atoms with van der Waals surface area (Å²) in [5, 5.41) is 1.45. The molecule has 0 amide bonds. The van der Waals surface area contributed by atoms with Gasteiger partial charge < -0.3 is 9.04 Å². The topological polar surface area (TPSA) is 57.2 Å². The molecule has 0 heterocycles. The zero-order valence-electron chi connectivity index (χ0n) is 48.1. The van der Waals surface area contributed by atoms with Crippen LogP contribution in [-0.2, 0) is 23.0 Å². The van der Waals surface area contributed by atoms with Gasteiger partial charge in [-0.1, -0.05) is 296 Å². The standard InChI is InChI=1S/C37H78N.C28H44O3S/c1-5-8-11-14-17-20-23-26-29-32-35-38(4,36-33-30-27-24-21-18-15-12-9-6-2)37-34-31-28-25-22-19-16-13-10-7-3;1-3-5-7-9-11-13-15-19-24-23-25-20-17-18-22-27(25)28(32(29,30)31)26(24)21-16-14-12-10-8-6-4-2/h5-37H2,1-4H3;17-18,20,22-23H,3-16,19,21H2,1-2H3,(H,29,30,31)/q+1;/p-1. The van der Waals surface area contributed by atoms with Gasteiger partial charge in [0.25, 0.3) is 0 Å². The number of hydrogen-bond donors (Lipinski definition) is 0. The molecule has 2 aromatic carbocycles. The molecule has 5 heteroatoms. The van der Waals surface area contributed by atoms with E-state index in [1.54, 1.807) is 6.07 Å². The Balaban J connectivity index is 0.000000709. The number of fused-ring (bicyclic) bond motifs is 1. The molecule has 410 valence electrons. The van der Waals surface area contributed by atoms with Crippen LogP contribution in [0.1, 0.15) is 328 Å². The predicted molar refractivity (Wildman–Crippen MR) is 312 cm³/mol. The van der Waals surface area contributed by atoms with E-state index < -0.39 is 10.1 Å². The Bertz CT molecular complexity index is 1480. The van der Waals surface area contributed by atoms with E-state index in [9.17, 15) is 13.0 Å². The molecule has 2 rings (SSSR count). The van der Waals surface area contributed by atoms with Crippen LogP contribution in [0.15, 0.2) is 35.2 Å². The van der Waals surface area contributed by atoms with Gasteiger partial charge in [0.05, 0.1) is 31.6 Å². The van der Waals surface area contributed by atoms with E-state index in [0.29, 0.717) is 11.8 Å². The van der Waals surface area contributed by atoms with E-state index in [2.05, 4.69) is 47.7 Å². The first kappa shape index (κ1) is 66.6. The second-order valence-electron chi connectivity index (χ2n) is 22.6. The third-order valence-electron chi connectivity index (χ3n) is 15.7. The van der Waals surface area contributed by atoms with Crippen molar-refractivity contribution in [2.45, 2.75) is 335 Å². The lowest BCUT2D eigenvalue weighted by atomic mass is 9.93. The van der Waals surface area contributed by atoms with Crippen LogP contribution < -0.4 is 0 Å². The molecule has 2 aromatic rings. The zero-order valence-corrected chi connectivity index (χ0v) is 48.9. The van der Waals surface area contributed by atoms with Crippen LogP contribution >= 0.6 is 0 Å². The molecule has 0 aliphatic carbocycles. The summed E-state index contributed by atoms with van der Waals surface area (Å²) in [5.41, 5.74) is 1.86. The molecule has 4 nitrogen and oxygen atoms in total. The highest BCUT2D eigenvalue weighted by Crippen LogP contribution is 2.33. The van der Waals surface area contributed by atoms with Crippen LogP contribution in [0.25, 0.3) is 10.8 Å². The number of nitrogens with zero attached hydrogens (tertiary/aromatic N) is 1. The highest BCUT2D eigenvalue weighted by atomic mass is 32.2. The van der Waals surface area contributed by atoms with Crippen molar-refractivity contribution in [3.63, 3.8) is 0 Å². The molecule has 0 aromatic heterocycles. The first-order valence-corrected chi connectivity index (χ1v) is 32.9. The first-order valence-electron chi connectivity index (χ1n) is 31.5. The summed E-state index contributed by atoms with van der Waals surface area (Å²) in [4.78, 5) is 0.0412. The van der Waals surface area contributed by atoms with Crippen LogP contribution in [0.4, 0.5) is 0 Å². The average Bonchev–Trinajstić information content (AvgIpc) is 3.35. The smallest absolute Gasteiger partial charge is 0.125 e. The van der Waals surface area contributed by atoms with Crippen molar-refractivity contribution in [2.24, 2.45) is 0 Å². The van der Waals surface area contributed by atoms with Crippen LogP contribution in [0.2, 0.25) is 0 Å². The summed E-state index contributed by atoms with van der Waals surface area (Å²) in [6, 6.07) is 9.58. The number of rotatable bonds is 50. The number of quaternary nitrogens is 1. The van der Waals surface area contributed by atoms with Crippen LogP contribution in [-0.4, -0.2) is 44.1 Å². The Hall–Kier alpha value is -1.43. The molecule has 70 heavy (non-hydrogen) atoms. The molecule has 0 aliphatic heterocycles. The Labute approximate surface area is 439 Å². The molecule has 0 aliphatic rings. The maximum absolute atomic E-state index is 12.3. The summed E-state index contributed by atoms with van der Waals surface area (Å²) in [6.07, 6.45) is 62.1. The fourth-order valence-corrected chi connectivity index (χ4v) is 12.0. The van der Waals surface area contributed by atoms with Gasteiger partial charge in [-0.2, -0.15) is 0 Å². The molecule has 0 spiro atoms. The zero-order chi connectivity index (χ0) is 51.1.